The van der Waals surface area contributed by atoms with Crippen molar-refractivity contribution in [2.24, 2.45) is 11.8 Å². The monoisotopic (exact) mass is 448 g/mol. The van der Waals surface area contributed by atoms with Gasteiger partial charge in [-0.05, 0) is 68.8 Å². The van der Waals surface area contributed by atoms with Crippen molar-refractivity contribution in [3.8, 4) is 0 Å². The molecule has 4 aliphatic rings. The third-order valence-corrected chi connectivity index (χ3v) is 7.68. The van der Waals surface area contributed by atoms with Gasteiger partial charge in [0, 0.05) is 55.7 Å². The molecule has 33 heavy (non-hydrogen) atoms. The molecule has 5 rings (SSSR count). The highest BCUT2D eigenvalue weighted by Crippen LogP contribution is 2.43. The summed E-state index contributed by atoms with van der Waals surface area (Å²) in [6.45, 7) is 6.21. The number of aliphatic hydroxyl groups is 1. The van der Waals surface area contributed by atoms with Crippen LogP contribution in [-0.4, -0.2) is 73.3 Å². The number of ether oxygens (including phenoxy) is 1. The number of aromatic nitrogens is 1. The number of rotatable bonds is 5. The van der Waals surface area contributed by atoms with Crippen LogP contribution in [0.2, 0.25) is 0 Å². The van der Waals surface area contributed by atoms with E-state index in [1.54, 1.807) is 7.11 Å². The molecule has 2 N–H and O–H groups in total. The zero-order valence-electron chi connectivity index (χ0n) is 19.8. The molecule has 1 aromatic rings. The lowest BCUT2D eigenvalue weighted by Gasteiger charge is -2.29. The van der Waals surface area contributed by atoms with E-state index in [9.17, 15) is 5.11 Å². The maximum absolute atomic E-state index is 10.6. The summed E-state index contributed by atoms with van der Waals surface area (Å²) >= 11 is 0. The quantitative estimate of drug-likeness (QED) is 0.705. The highest BCUT2D eigenvalue weighted by molar-refractivity contribution is 5.71. The Labute approximate surface area is 197 Å². The van der Waals surface area contributed by atoms with Crippen LogP contribution in [0.4, 0.5) is 5.82 Å². The Morgan fingerprint density at radius 1 is 1.15 bits per heavy atom. The number of nitrogens with one attached hydrogen (secondary N) is 1. The van der Waals surface area contributed by atoms with E-state index in [1.807, 2.05) is 12.3 Å². The zero-order valence-corrected chi connectivity index (χ0v) is 19.8. The van der Waals surface area contributed by atoms with Gasteiger partial charge in [0.25, 0.3) is 0 Å². The first-order valence-electron chi connectivity index (χ1n) is 12.3. The molecular formula is C27H36N4O2. The fourth-order valence-corrected chi connectivity index (χ4v) is 5.70. The van der Waals surface area contributed by atoms with Crippen molar-refractivity contribution in [2.45, 2.75) is 25.2 Å². The van der Waals surface area contributed by atoms with Crippen LogP contribution < -0.4 is 5.32 Å². The molecule has 2 aliphatic heterocycles. The lowest BCUT2D eigenvalue weighted by Crippen LogP contribution is -2.34. The van der Waals surface area contributed by atoms with Crippen LogP contribution >= 0.6 is 0 Å². The van der Waals surface area contributed by atoms with Gasteiger partial charge in [0.2, 0.25) is 0 Å². The fraction of sp³-hybridized carbons (Fsp3) is 0.519. The molecular weight excluding hydrogens is 412 g/mol. The van der Waals surface area contributed by atoms with E-state index in [1.165, 1.54) is 23.1 Å². The molecule has 3 unspecified atom stereocenters. The Hall–Kier alpha value is -2.57. The lowest BCUT2D eigenvalue weighted by molar-refractivity contribution is 0.216. The standard InChI is InChI=1S/C27H36N4O2/c1-30-10-5-11-31(13-12-30)18-21-14-19(8-9-25(21)32)20-15-23-24(17-29-27(23)28-16-20)22-6-3-4-7-26(22)33-2/h3-4,7-9,15-16,21-22,24,32H,5-6,10-14,17-18H2,1-2H3,(H,28,29). The maximum Gasteiger partial charge on any atom is 0.129 e. The van der Waals surface area contributed by atoms with E-state index < -0.39 is 0 Å². The Morgan fingerprint density at radius 3 is 2.94 bits per heavy atom. The van der Waals surface area contributed by atoms with Gasteiger partial charge in [-0.1, -0.05) is 18.2 Å². The van der Waals surface area contributed by atoms with Gasteiger partial charge in [-0.3, -0.25) is 0 Å². The topological polar surface area (TPSA) is 60.9 Å². The maximum atomic E-state index is 10.6. The van der Waals surface area contributed by atoms with E-state index in [0.717, 1.165) is 63.7 Å². The van der Waals surface area contributed by atoms with Crippen molar-refractivity contribution >= 4 is 11.4 Å². The Morgan fingerprint density at radius 2 is 2.06 bits per heavy atom. The van der Waals surface area contributed by atoms with E-state index in [4.69, 9.17) is 9.72 Å². The fourth-order valence-electron chi connectivity index (χ4n) is 5.70. The second-order valence-corrected chi connectivity index (χ2v) is 9.83. The van der Waals surface area contributed by atoms with Crippen molar-refractivity contribution in [1.29, 1.82) is 0 Å². The van der Waals surface area contributed by atoms with Gasteiger partial charge < -0.3 is 25.0 Å². The molecule has 0 radical (unpaired) electrons. The second kappa shape index (κ2) is 9.74. The number of allylic oxidation sites excluding steroid dienone is 7. The Balaban J connectivity index is 1.33. The van der Waals surface area contributed by atoms with Crippen molar-refractivity contribution in [3.63, 3.8) is 0 Å². The summed E-state index contributed by atoms with van der Waals surface area (Å²) < 4.78 is 5.70. The van der Waals surface area contributed by atoms with Gasteiger partial charge in [0.05, 0.1) is 18.6 Å². The number of fused-ring (bicyclic) bond motifs is 1. The van der Waals surface area contributed by atoms with Gasteiger partial charge in [-0.15, -0.1) is 0 Å². The Kier molecular flexibility index (Phi) is 6.56. The van der Waals surface area contributed by atoms with E-state index in [0.29, 0.717) is 17.6 Å². The minimum Gasteiger partial charge on any atom is -0.512 e. The van der Waals surface area contributed by atoms with Crippen molar-refractivity contribution < 1.29 is 9.84 Å². The summed E-state index contributed by atoms with van der Waals surface area (Å²) in [6, 6.07) is 2.32. The van der Waals surface area contributed by atoms with E-state index in [-0.39, 0.29) is 5.92 Å². The van der Waals surface area contributed by atoms with Crippen LogP contribution in [0.1, 0.15) is 36.3 Å². The molecule has 0 saturated carbocycles. The highest BCUT2D eigenvalue weighted by atomic mass is 16.5. The van der Waals surface area contributed by atoms with Crippen LogP contribution in [0.5, 0.6) is 0 Å². The number of hydrogen-bond donors (Lipinski definition) is 2. The van der Waals surface area contributed by atoms with Gasteiger partial charge in [0.1, 0.15) is 5.82 Å². The molecule has 1 fully saturated rings. The third kappa shape index (κ3) is 4.73. The number of likely N-dealkylation sites (N-methyl/N-ethyl adjacent to an activating group) is 1. The molecule has 6 heteroatoms. The highest BCUT2D eigenvalue weighted by Gasteiger charge is 2.34. The molecule has 0 aromatic carbocycles. The first-order chi connectivity index (χ1) is 16.1. The van der Waals surface area contributed by atoms with Gasteiger partial charge in [-0.25, -0.2) is 4.98 Å². The number of aliphatic hydroxyl groups excluding tert-OH is 1. The summed E-state index contributed by atoms with van der Waals surface area (Å²) in [5.41, 5.74) is 3.71. The van der Waals surface area contributed by atoms with Crippen molar-refractivity contribution in [3.05, 3.63) is 65.3 Å². The SMILES string of the molecule is COC1=CC=CCC1C1CNc2ncc(C3=CC=C(O)C(CN4CCCN(C)CC4)C3)cc21. The minimum absolute atomic E-state index is 0.141. The second-order valence-electron chi connectivity index (χ2n) is 9.83. The average Bonchev–Trinajstić information content (AvgIpc) is 3.15. The van der Waals surface area contributed by atoms with Crippen LogP contribution in [-0.2, 0) is 4.74 Å². The normalized spacial score (nSPS) is 28.3. The Bertz CT molecular complexity index is 996. The van der Waals surface area contributed by atoms with Gasteiger partial charge >= 0.3 is 0 Å². The number of anilines is 1. The molecule has 0 bridgehead atoms. The minimum atomic E-state index is 0.141. The van der Waals surface area contributed by atoms with Crippen LogP contribution in [0.25, 0.3) is 5.57 Å². The molecule has 0 spiro atoms. The molecule has 3 atom stereocenters. The summed E-state index contributed by atoms with van der Waals surface area (Å²) in [6.07, 6.45) is 15.4. The van der Waals surface area contributed by atoms with Crippen molar-refractivity contribution in [2.75, 3.05) is 58.7 Å². The van der Waals surface area contributed by atoms with E-state index in [2.05, 4.69) is 52.5 Å². The largest absolute Gasteiger partial charge is 0.512 e. The van der Waals surface area contributed by atoms with Gasteiger partial charge in [0.15, 0.2) is 0 Å². The smallest absolute Gasteiger partial charge is 0.129 e. The predicted octanol–water partition coefficient (Wildman–Crippen LogP) is 4.18. The number of nitrogens with zero attached hydrogens (tertiary/aromatic N) is 3. The van der Waals surface area contributed by atoms with Crippen LogP contribution in [0.15, 0.2) is 54.2 Å². The third-order valence-electron chi connectivity index (χ3n) is 7.68. The number of pyridine rings is 1. The summed E-state index contributed by atoms with van der Waals surface area (Å²) in [4.78, 5) is 9.69. The molecule has 3 heterocycles. The molecule has 6 nitrogen and oxygen atoms in total. The van der Waals surface area contributed by atoms with Crippen molar-refractivity contribution in [1.82, 2.24) is 14.8 Å². The number of hydrogen-bond acceptors (Lipinski definition) is 6. The molecule has 1 aromatic heterocycles. The first kappa shape index (κ1) is 22.2. The average molecular weight is 449 g/mol. The molecule has 176 valence electrons. The van der Waals surface area contributed by atoms with Crippen LogP contribution in [0.3, 0.4) is 0 Å². The summed E-state index contributed by atoms with van der Waals surface area (Å²) in [5.74, 6) is 3.38. The lowest BCUT2D eigenvalue weighted by atomic mass is 9.81. The number of methoxy groups -OCH3 is 1. The van der Waals surface area contributed by atoms with Gasteiger partial charge in [-0.2, -0.15) is 0 Å². The molecule has 0 amide bonds. The summed E-state index contributed by atoms with van der Waals surface area (Å²) in [7, 11) is 3.96. The molecule has 1 saturated heterocycles. The summed E-state index contributed by atoms with van der Waals surface area (Å²) in [5, 5.41) is 14.1. The first-order valence-corrected chi connectivity index (χ1v) is 12.3. The van der Waals surface area contributed by atoms with Crippen LogP contribution in [0, 0.1) is 11.8 Å². The predicted molar refractivity (Wildman–Crippen MR) is 133 cm³/mol. The van der Waals surface area contributed by atoms with E-state index >= 15 is 0 Å². The zero-order chi connectivity index (χ0) is 22.8. The molecule has 2 aliphatic carbocycles.